The summed E-state index contributed by atoms with van der Waals surface area (Å²) < 4.78 is 68.5. The fourth-order valence-electron chi connectivity index (χ4n) is 10.3. The van der Waals surface area contributed by atoms with E-state index in [9.17, 15) is 24.0 Å². The van der Waals surface area contributed by atoms with Crippen molar-refractivity contribution < 1.29 is 80.8 Å². The number of carbonyl (C=O) groups is 5. The van der Waals surface area contributed by atoms with E-state index in [4.69, 9.17) is 66.8 Å². The summed E-state index contributed by atoms with van der Waals surface area (Å²) in [7, 11) is 0. The van der Waals surface area contributed by atoms with E-state index < -0.39 is 29.8 Å². The molecular formula is C80H76N2O17. The van der Waals surface area contributed by atoms with E-state index in [1.807, 2.05) is 103 Å². The van der Waals surface area contributed by atoms with Gasteiger partial charge in [0.15, 0.2) is 0 Å². The van der Waals surface area contributed by atoms with Crippen LogP contribution in [0.25, 0.3) is 43.6 Å². The van der Waals surface area contributed by atoms with Crippen molar-refractivity contribution in [3.8, 4) is 46.0 Å². The maximum absolute atomic E-state index is 13.2. The lowest BCUT2D eigenvalue weighted by Gasteiger charge is -2.14. The molecule has 0 unspecified atom stereocenters. The molecule has 0 radical (unpaired) electrons. The number of carbonyl (C=O) groups excluding carboxylic acids is 5. The van der Waals surface area contributed by atoms with Crippen molar-refractivity contribution in [1.29, 1.82) is 0 Å². The molecule has 10 aromatic rings. The van der Waals surface area contributed by atoms with Gasteiger partial charge in [-0.15, -0.1) is 0 Å². The highest BCUT2D eigenvalue weighted by atomic mass is 16.6. The fourth-order valence-corrected chi connectivity index (χ4v) is 10.3. The molecule has 0 saturated heterocycles. The summed E-state index contributed by atoms with van der Waals surface area (Å²) in [6.45, 7) is 13.7. The summed E-state index contributed by atoms with van der Waals surface area (Å²) >= 11 is 0. The molecule has 0 N–H and O–H groups in total. The van der Waals surface area contributed by atoms with E-state index in [1.165, 1.54) is 0 Å². The van der Waals surface area contributed by atoms with Gasteiger partial charge < -0.3 is 56.8 Å². The Bertz CT molecular complexity index is 4400. The first-order chi connectivity index (χ1) is 48.5. The molecule has 1 heterocycles. The molecular weight excluding hydrogens is 1260 g/mol. The molecule has 19 nitrogen and oxygen atoms in total. The molecule has 0 saturated carbocycles. The zero-order valence-electron chi connectivity index (χ0n) is 54.9. The number of aromatic nitrogens is 2. The Morgan fingerprint density at radius 1 is 0.303 bits per heavy atom. The Balaban J connectivity index is 0.782. The van der Waals surface area contributed by atoms with Crippen molar-refractivity contribution in [2.24, 2.45) is 0 Å². The van der Waals surface area contributed by atoms with E-state index in [1.54, 1.807) is 72.8 Å². The molecule has 0 bridgehead atoms. The number of ether oxygens (including phenoxy) is 12. The molecule has 0 aliphatic rings. The van der Waals surface area contributed by atoms with Gasteiger partial charge in [0.05, 0.1) is 72.8 Å². The standard InChI is InChI=1S/C80H76N2O17/c1-4-74(83)92-43-13-9-7-11-41-89-61-27-31-63(32-28-61)98-79(86)58-21-15-55(16-22-58)52-95-65-35-38-68-69-39-36-66(96-53-56-17-23-59(24-18-56)80(87)99-64-33-29-62(30-34-64)90-42-12-8-10-14-44-93-75(84)5-2)50-71(69)78-77(70(68)49-65)81-72-40-37-67(51-73(72)82-78)97-54-57-19-25-60(26-20-57)91-47-45-88-46-48-94-76(85)6-3/h4-6,15-40,49-51H,1-3,7-14,41-48,52-54H2. The average molecular weight is 1340 g/mol. The van der Waals surface area contributed by atoms with E-state index >= 15 is 0 Å². The quantitative estimate of drug-likeness (QED) is 0.00664. The molecule has 508 valence electrons. The molecule has 0 fully saturated rings. The minimum atomic E-state index is -0.503. The third-order valence-corrected chi connectivity index (χ3v) is 15.6. The van der Waals surface area contributed by atoms with Gasteiger partial charge in [0.25, 0.3) is 0 Å². The number of nitrogens with zero attached hydrogens (tertiary/aromatic N) is 2. The average Bonchev–Trinajstić information content (AvgIpc) is 0.732. The van der Waals surface area contributed by atoms with Crippen LogP contribution in [0.4, 0.5) is 0 Å². The highest BCUT2D eigenvalue weighted by Gasteiger charge is 2.18. The Morgan fingerprint density at radius 3 is 1.09 bits per heavy atom. The topological polar surface area (TPSA) is 222 Å². The SMILES string of the molecule is C=CC(=O)OCCCCCCOc1ccc(OC(=O)c2ccc(COc3ccc4c5ccc(OCc6ccc(C(=O)Oc7ccc(OCCCCCCOC(=O)C=C)cc7)cc6)cc5c5nc6cc(OCc7ccc(OCCOCCOC(=O)C=C)cc7)ccc6nc5c4c3)cc2)cc1. The molecule has 0 amide bonds. The second kappa shape index (κ2) is 36.5. The van der Waals surface area contributed by atoms with Crippen molar-refractivity contribution in [3.05, 3.63) is 242 Å². The van der Waals surface area contributed by atoms with Gasteiger partial charge in [-0.3, -0.25) is 0 Å². The summed E-state index contributed by atoms with van der Waals surface area (Å²) in [6.07, 6.45) is 10.4. The van der Waals surface area contributed by atoms with Gasteiger partial charge in [-0.2, -0.15) is 0 Å². The van der Waals surface area contributed by atoms with Crippen LogP contribution in [0.3, 0.4) is 0 Å². The Morgan fingerprint density at radius 2 is 0.646 bits per heavy atom. The van der Waals surface area contributed by atoms with E-state index in [2.05, 4.69) is 19.7 Å². The van der Waals surface area contributed by atoms with Gasteiger partial charge >= 0.3 is 29.8 Å². The Kier molecular flexibility index (Phi) is 25.9. The van der Waals surface area contributed by atoms with Crippen LogP contribution in [-0.2, 0) is 53.2 Å². The molecule has 0 atom stereocenters. The minimum Gasteiger partial charge on any atom is -0.494 e. The van der Waals surface area contributed by atoms with Gasteiger partial charge in [-0.05, 0) is 212 Å². The van der Waals surface area contributed by atoms with Crippen LogP contribution < -0.4 is 37.9 Å². The number of fused-ring (bicyclic) bond motifs is 7. The first-order valence-electron chi connectivity index (χ1n) is 32.7. The normalized spacial score (nSPS) is 10.9. The Labute approximate surface area is 573 Å². The maximum atomic E-state index is 13.2. The van der Waals surface area contributed by atoms with E-state index in [-0.39, 0.29) is 33.0 Å². The van der Waals surface area contributed by atoms with Crippen molar-refractivity contribution in [2.75, 3.05) is 52.9 Å². The van der Waals surface area contributed by atoms with Gasteiger partial charge in [0.1, 0.15) is 79.0 Å². The van der Waals surface area contributed by atoms with E-state index in [0.29, 0.717) is 119 Å². The maximum Gasteiger partial charge on any atom is 0.343 e. The van der Waals surface area contributed by atoms with Crippen LogP contribution in [-0.4, -0.2) is 92.7 Å². The van der Waals surface area contributed by atoms with E-state index in [0.717, 1.165) is 108 Å². The van der Waals surface area contributed by atoms with Crippen LogP contribution in [0.1, 0.15) is 88.8 Å². The number of hydrogen-bond acceptors (Lipinski definition) is 19. The predicted octanol–water partition coefficient (Wildman–Crippen LogP) is 15.7. The highest BCUT2D eigenvalue weighted by Crippen LogP contribution is 2.39. The van der Waals surface area contributed by atoms with Crippen molar-refractivity contribution in [2.45, 2.75) is 71.2 Å². The largest absolute Gasteiger partial charge is 0.494 e. The van der Waals surface area contributed by atoms with Crippen LogP contribution in [0, 0.1) is 0 Å². The van der Waals surface area contributed by atoms with Gasteiger partial charge in [-0.25, -0.2) is 33.9 Å². The second-order valence-electron chi connectivity index (χ2n) is 22.7. The first kappa shape index (κ1) is 70.2. The molecule has 0 aliphatic heterocycles. The van der Waals surface area contributed by atoms with Crippen molar-refractivity contribution in [1.82, 2.24) is 9.97 Å². The first-order valence-corrected chi connectivity index (χ1v) is 32.7. The molecule has 9 aromatic carbocycles. The summed E-state index contributed by atoms with van der Waals surface area (Å²) in [5, 5.41) is 3.48. The zero-order chi connectivity index (χ0) is 69.0. The molecule has 19 heteroatoms. The summed E-state index contributed by atoms with van der Waals surface area (Å²) in [5.74, 6) is 2.25. The number of benzene rings is 9. The monoisotopic (exact) mass is 1340 g/mol. The predicted molar refractivity (Wildman–Crippen MR) is 375 cm³/mol. The minimum absolute atomic E-state index is 0.136. The summed E-state index contributed by atoms with van der Waals surface area (Å²) in [4.78, 5) is 70.6. The van der Waals surface area contributed by atoms with Crippen LogP contribution >= 0.6 is 0 Å². The smallest absolute Gasteiger partial charge is 0.343 e. The number of rotatable bonds is 39. The number of unbranched alkanes of at least 4 members (excludes halogenated alkanes) is 6. The van der Waals surface area contributed by atoms with Crippen molar-refractivity contribution >= 4 is 73.5 Å². The summed E-state index contributed by atoms with van der Waals surface area (Å²) in [6, 6.07) is 53.0. The van der Waals surface area contributed by atoms with Gasteiger partial charge in [0.2, 0.25) is 0 Å². The third kappa shape index (κ3) is 21.2. The van der Waals surface area contributed by atoms with Crippen LogP contribution in [0.15, 0.2) is 214 Å². The summed E-state index contributed by atoms with van der Waals surface area (Å²) in [5.41, 5.74) is 5.91. The molecule has 0 aliphatic carbocycles. The Hall–Kier alpha value is -11.6. The number of esters is 5. The van der Waals surface area contributed by atoms with Gasteiger partial charge in [-0.1, -0.05) is 56.1 Å². The second-order valence-corrected chi connectivity index (χ2v) is 22.7. The lowest BCUT2D eigenvalue weighted by atomic mass is 9.98. The van der Waals surface area contributed by atoms with Crippen molar-refractivity contribution in [3.63, 3.8) is 0 Å². The van der Waals surface area contributed by atoms with Crippen LogP contribution in [0.2, 0.25) is 0 Å². The zero-order valence-corrected chi connectivity index (χ0v) is 54.9. The molecule has 1 aromatic heterocycles. The van der Waals surface area contributed by atoms with Crippen LogP contribution in [0.5, 0.6) is 46.0 Å². The highest BCUT2D eigenvalue weighted by molar-refractivity contribution is 6.24. The molecule has 0 spiro atoms. The lowest BCUT2D eigenvalue weighted by molar-refractivity contribution is -0.139. The molecule has 10 rings (SSSR count). The fraction of sp³-hybridized carbons (Fsp3) is 0.237. The third-order valence-electron chi connectivity index (χ3n) is 15.6. The van der Waals surface area contributed by atoms with Gasteiger partial charge in [0, 0.05) is 35.1 Å². The number of hydrogen-bond donors (Lipinski definition) is 0. The lowest BCUT2D eigenvalue weighted by Crippen LogP contribution is -2.12. The molecule has 99 heavy (non-hydrogen) atoms.